The highest BCUT2D eigenvalue weighted by atomic mass is 16.5. The van der Waals surface area contributed by atoms with Gasteiger partial charge in [0.25, 0.3) is 0 Å². The molecule has 0 aliphatic heterocycles. The van der Waals surface area contributed by atoms with E-state index in [-0.39, 0.29) is 0 Å². The van der Waals surface area contributed by atoms with E-state index in [1.54, 1.807) is 0 Å². The zero-order chi connectivity index (χ0) is 12.1. The van der Waals surface area contributed by atoms with Gasteiger partial charge in [-0.25, -0.2) is 0 Å². The molecular formula is C14H20N2O. The molecule has 0 unspecified atom stereocenters. The second-order valence-electron chi connectivity index (χ2n) is 4.26. The van der Waals surface area contributed by atoms with Gasteiger partial charge in [-0.2, -0.15) is 0 Å². The molecule has 2 rings (SSSR count). The van der Waals surface area contributed by atoms with Crippen LogP contribution in [0.25, 0.3) is 10.9 Å². The minimum atomic E-state index is 0.682. The third-order valence-corrected chi connectivity index (χ3v) is 2.92. The summed E-state index contributed by atoms with van der Waals surface area (Å²) in [6.07, 6.45) is 5.20. The van der Waals surface area contributed by atoms with E-state index in [9.17, 15) is 0 Å². The topological polar surface area (TPSA) is 51.0 Å². The van der Waals surface area contributed by atoms with Gasteiger partial charge in [0.1, 0.15) is 5.75 Å². The van der Waals surface area contributed by atoms with Crippen LogP contribution >= 0.6 is 0 Å². The van der Waals surface area contributed by atoms with Crippen LogP contribution < -0.4 is 10.5 Å². The van der Waals surface area contributed by atoms with Crippen LogP contribution in [0.1, 0.15) is 25.3 Å². The Labute approximate surface area is 102 Å². The van der Waals surface area contributed by atoms with Crippen molar-refractivity contribution in [3.05, 3.63) is 30.0 Å². The molecule has 17 heavy (non-hydrogen) atoms. The minimum absolute atomic E-state index is 0.682. The lowest BCUT2D eigenvalue weighted by atomic mass is 10.1. The molecule has 0 atom stereocenters. The molecule has 0 aliphatic carbocycles. The molecule has 3 nitrogen and oxygen atoms in total. The summed E-state index contributed by atoms with van der Waals surface area (Å²) in [6.45, 7) is 3.64. The lowest BCUT2D eigenvalue weighted by Gasteiger charge is -2.05. The van der Waals surface area contributed by atoms with Gasteiger partial charge in [-0.3, -0.25) is 0 Å². The first-order valence-corrected chi connectivity index (χ1v) is 6.28. The van der Waals surface area contributed by atoms with Crippen LogP contribution in [-0.2, 0) is 6.42 Å². The van der Waals surface area contributed by atoms with Gasteiger partial charge in [0.15, 0.2) is 0 Å². The van der Waals surface area contributed by atoms with Crippen molar-refractivity contribution in [1.82, 2.24) is 4.98 Å². The predicted octanol–water partition coefficient (Wildman–Crippen LogP) is 2.85. The standard InChI is InChI=1S/C14H20N2O/c1-2-3-8-17-12-4-5-13-11(6-7-15)10-16-14(13)9-12/h4-5,9-10,16H,2-3,6-8,15H2,1H3. The molecule has 92 valence electrons. The van der Waals surface area contributed by atoms with Crippen molar-refractivity contribution >= 4 is 10.9 Å². The Bertz CT molecular complexity index is 476. The van der Waals surface area contributed by atoms with E-state index in [2.05, 4.69) is 24.0 Å². The Balaban J connectivity index is 2.14. The first-order valence-electron chi connectivity index (χ1n) is 6.28. The van der Waals surface area contributed by atoms with Crippen LogP contribution in [0.3, 0.4) is 0 Å². The van der Waals surface area contributed by atoms with Crippen LogP contribution in [-0.4, -0.2) is 18.1 Å². The van der Waals surface area contributed by atoms with Gasteiger partial charge < -0.3 is 15.5 Å². The normalized spacial score (nSPS) is 10.9. The molecule has 3 heteroatoms. The monoisotopic (exact) mass is 232 g/mol. The summed E-state index contributed by atoms with van der Waals surface area (Å²) in [7, 11) is 0. The van der Waals surface area contributed by atoms with Crippen molar-refractivity contribution in [3.8, 4) is 5.75 Å². The summed E-state index contributed by atoms with van der Waals surface area (Å²) in [5.41, 5.74) is 7.99. The molecule has 2 aromatic rings. The number of benzene rings is 1. The molecule has 0 fully saturated rings. The van der Waals surface area contributed by atoms with Gasteiger partial charge in [0.05, 0.1) is 6.61 Å². The number of fused-ring (bicyclic) bond motifs is 1. The summed E-state index contributed by atoms with van der Waals surface area (Å²) in [5, 5.41) is 1.25. The molecule has 3 N–H and O–H groups in total. The number of hydrogen-bond donors (Lipinski definition) is 2. The van der Waals surface area contributed by atoms with Crippen LogP contribution in [0.2, 0.25) is 0 Å². The van der Waals surface area contributed by atoms with E-state index in [1.165, 1.54) is 10.9 Å². The second-order valence-corrected chi connectivity index (χ2v) is 4.26. The summed E-state index contributed by atoms with van der Waals surface area (Å²) < 4.78 is 5.68. The first kappa shape index (κ1) is 12.0. The number of aromatic amines is 1. The minimum Gasteiger partial charge on any atom is -0.494 e. The Kier molecular flexibility index (Phi) is 4.04. The molecule has 0 saturated heterocycles. The van der Waals surface area contributed by atoms with Gasteiger partial charge in [-0.1, -0.05) is 13.3 Å². The molecule has 0 bridgehead atoms. The maximum absolute atomic E-state index is 5.68. The summed E-state index contributed by atoms with van der Waals surface area (Å²) in [4.78, 5) is 3.27. The van der Waals surface area contributed by atoms with E-state index in [4.69, 9.17) is 10.5 Å². The Morgan fingerprint density at radius 2 is 2.24 bits per heavy atom. The van der Waals surface area contributed by atoms with Crippen LogP contribution in [0, 0.1) is 0 Å². The van der Waals surface area contributed by atoms with E-state index in [1.807, 2.05) is 12.3 Å². The molecule has 0 saturated carbocycles. The second kappa shape index (κ2) is 5.73. The summed E-state index contributed by atoms with van der Waals surface area (Å²) in [6, 6.07) is 6.20. The van der Waals surface area contributed by atoms with Crippen molar-refractivity contribution in [2.45, 2.75) is 26.2 Å². The molecule has 1 aromatic heterocycles. The maximum atomic E-state index is 5.68. The number of aromatic nitrogens is 1. The lowest BCUT2D eigenvalue weighted by molar-refractivity contribution is 0.310. The number of ether oxygens (including phenoxy) is 1. The van der Waals surface area contributed by atoms with Crippen LogP contribution in [0.4, 0.5) is 0 Å². The van der Waals surface area contributed by atoms with Crippen molar-refractivity contribution in [2.24, 2.45) is 5.73 Å². The fraction of sp³-hybridized carbons (Fsp3) is 0.429. The average Bonchev–Trinajstić information content (AvgIpc) is 2.73. The highest BCUT2D eigenvalue weighted by Crippen LogP contribution is 2.23. The molecule has 0 radical (unpaired) electrons. The molecule has 0 spiro atoms. The number of nitrogens with two attached hydrogens (primary N) is 1. The Morgan fingerprint density at radius 3 is 3.00 bits per heavy atom. The SMILES string of the molecule is CCCCOc1ccc2c(CCN)c[nH]c2c1. The number of rotatable bonds is 6. The van der Waals surface area contributed by atoms with Crippen LogP contribution in [0.15, 0.2) is 24.4 Å². The van der Waals surface area contributed by atoms with Gasteiger partial charge in [0.2, 0.25) is 0 Å². The maximum Gasteiger partial charge on any atom is 0.121 e. The van der Waals surface area contributed by atoms with Gasteiger partial charge >= 0.3 is 0 Å². The lowest BCUT2D eigenvalue weighted by Crippen LogP contribution is -2.01. The smallest absolute Gasteiger partial charge is 0.121 e. The van der Waals surface area contributed by atoms with Crippen molar-refractivity contribution in [2.75, 3.05) is 13.2 Å². The van der Waals surface area contributed by atoms with E-state index < -0.39 is 0 Å². The van der Waals surface area contributed by atoms with Gasteiger partial charge in [-0.05, 0) is 37.1 Å². The zero-order valence-corrected chi connectivity index (χ0v) is 10.3. The average molecular weight is 232 g/mol. The molecule has 0 aliphatic rings. The fourth-order valence-electron chi connectivity index (χ4n) is 1.95. The Hall–Kier alpha value is -1.48. The Morgan fingerprint density at radius 1 is 1.35 bits per heavy atom. The molecule has 1 heterocycles. The van der Waals surface area contributed by atoms with Crippen molar-refractivity contribution in [3.63, 3.8) is 0 Å². The highest BCUT2D eigenvalue weighted by molar-refractivity contribution is 5.84. The van der Waals surface area contributed by atoms with E-state index >= 15 is 0 Å². The number of H-pyrrole nitrogens is 1. The molecule has 0 amide bonds. The number of unbranched alkanes of at least 4 members (excludes halogenated alkanes) is 1. The van der Waals surface area contributed by atoms with Gasteiger partial charge in [0, 0.05) is 23.2 Å². The fourth-order valence-corrected chi connectivity index (χ4v) is 1.95. The number of nitrogens with one attached hydrogen (secondary N) is 1. The van der Waals surface area contributed by atoms with Crippen molar-refractivity contribution < 1.29 is 4.74 Å². The van der Waals surface area contributed by atoms with Crippen LogP contribution in [0.5, 0.6) is 5.75 Å². The summed E-state index contributed by atoms with van der Waals surface area (Å²) >= 11 is 0. The zero-order valence-electron chi connectivity index (χ0n) is 10.3. The third-order valence-electron chi connectivity index (χ3n) is 2.92. The molecular weight excluding hydrogens is 212 g/mol. The predicted molar refractivity (Wildman–Crippen MR) is 71.5 cm³/mol. The van der Waals surface area contributed by atoms with Gasteiger partial charge in [-0.15, -0.1) is 0 Å². The highest BCUT2D eigenvalue weighted by Gasteiger charge is 2.04. The molecule has 1 aromatic carbocycles. The third kappa shape index (κ3) is 2.80. The van der Waals surface area contributed by atoms with E-state index in [0.717, 1.165) is 37.1 Å². The largest absolute Gasteiger partial charge is 0.494 e. The van der Waals surface area contributed by atoms with Crippen molar-refractivity contribution in [1.29, 1.82) is 0 Å². The summed E-state index contributed by atoms with van der Waals surface area (Å²) in [5.74, 6) is 0.937. The number of hydrogen-bond acceptors (Lipinski definition) is 2. The first-order chi connectivity index (χ1) is 8.35. The quantitative estimate of drug-likeness (QED) is 0.752. The van der Waals surface area contributed by atoms with E-state index in [0.29, 0.717) is 6.54 Å².